The van der Waals surface area contributed by atoms with Crippen LogP contribution in [0.4, 0.5) is 0 Å². The predicted octanol–water partition coefficient (Wildman–Crippen LogP) is 3.94. The zero-order valence-corrected chi connectivity index (χ0v) is 16.9. The largest absolute Gasteiger partial charge is 0.496 e. The molecule has 0 N–H and O–H groups in total. The van der Waals surface area contributed by atoms with E-state index in [1.54, 1.807) is 11.6 Å². The Kier molecular flexibility index (Phi) is 4.57. The average Bonchev–Trinajstić information content (AvgIpc) is 3.36. The molecule has 0 radical (unpaired) electrons. The molecule has 0 spiro atoms. The van der Waals surface area contributed by atoms with Crippen LogP contribution in [0.2, 0.25) is 0 Å². The van der Waals surface area contributed by atoms with Gasteiger partial charge >= 0.3 is 0 Å². The summed E-state index contributed by atoms with van der Waals surface area (Å²) in [5.74, 6) is 0.735. The average molecular weight is 378 g/mol. The van der Waals surface area contributed by atoms with E-state index < -0.39 is 0 Å². The molecular weight excluding hydrogens is 352 g/mol. The van der Waals surface area contributed by atoms with Gasteiger partial charge in [0.1, 0.15) is 11.4 Å². The minimum absolute atomic E-state index is 0.00427. The van der Waals surface area contributed by atoms with Crippen molar-refractivity contribution >= 4 is 11.6 Å². The Hall–Kier alpha value is -2.89. The van der Waals surface area contributed by atoms with Crippen LogP contribution in [0.1, 0.15) is 49.8 Å². The fraction of sp³-hybridized carbons (Fsp3) is 0.409. The monoisotopic (exact) mass is 378 g/mol. The molecule has 0 saturated carbocycles. The Morgan fingerprint density at radius 3 is 2.50 bits per heavy atom. The number of carbonyl (C=O) groups is 1. The van der Waals surface area contributed by atoms with Crippen LogP contribution in [0.3, 0.4) is 0 Å². The van der Waals surface area contributed by atoms with Crippen LogP contribution in [0.25, 0.3) is 16.9 Å². The molecule has 3 heterocycles. The van der Waals surface area contributed by atoms with Gasteiger partial charge in [-0.15, -0.1) is 0 Å². The maximum atomic E-state index is 13.3. The minimum Gasteiger partial charge on any atom is -0.496 e. The lowest BCUT2D eigenvalue weighted by Crippen LogP contribution is -2.29. The number of para-hydroxylation sites is 1. The first kappa shape index (κ1) is 18.5. The Morgan fingerprint density at radius 2 is 1.82 bits per heavy atom. The van der Waals surface area contributed by atoms with Crippen molar-refractivity contribution in [3.8, 4) is 17.0 Å². The topological polar surface area (TPSA) is 59.7 Å². The van der Waals surface area contributed by atoms with Crippen LogP contribution in [0.5, 0.6) is 5.75 Å². The number of carbonyl (C=O) groups excluding carboxylic acids is 1. The predicted molar refractivity (Wildman–Crippen MR) is 109 cm³/mol. The number of hydrogen-bond acceptors (Lipinski definition) is 4. The number of fused-ring (bicyclic) bond motifs is 1. The smallest absolute Gasteiger partial charge is 0.272 e. The molecule has 28 heavy (non-hydrogen) atoms. The zero-order chi connectivity index (χ0) is 19.9. The van der Waals surface area contributed by atoms with Crippen LogP contribution in [-0.4, -0.2) is 45.6 Å². The first-order chi connectivity index (χ1) is 13.4. The molecule has 6 nitrogen and oxygen atoms in total. The molecule has 1 aromatic carbocycles. The molecule has 4 rings (SSSR count). The molecule has 0 unspecified atom stereocenters. The van der Waals surface area contributed by atoms with E-state index in [2.05, 4.69) is 20.8 Å². The highest BCUT2D eigenvalue weighted by molar-refractivity contribution is 5.94. The van der Waals surface area contributed by atoms with Gasteiger partial charge < -0.3 is 9.64 Å². The highest BCUT2D eigenvalue weighted by Gasteiger charge is 2.26. The molecule has 6 heteroatoms. The molecule has 3 aromatic rings. The standard InChI is InChI=1S/C22H26N4O2/c1-22(2,3)19-14-20-23-16(15-9-5-6-10-18(15)28-4)13-17(26(20)24-19)21(27)25-11-7-8-12-25/h5-6,9-10,13-14H,7-8,11-12H2,1-4H3. The fourth-order valence-electron chi connectivity index (χ4n) is 3.57. The summed E-state index contributed by atoms with van der Waals surface area (Å²) in [5, 5.41) is 4.73. The van der Waals surface area contributed by atoms with Crippen molar-refractivity contribution in [2.24, 2.45) is 0 Å². The van der Waals surface area contributed by atoms with E-state index in [1.807, 2.05) is 41.3 Å². The van der Waals surface area contributed by atoms with Gasteiger partial charge in [0, 0.05) is 30.1 Å². The Bertz CT molecular complexity index is 1030. The fourth-order valence-corrected chi connectivity index (χ4v) is 3.57. The van der Waals surface area contributed by atoms with Crippen molar-refractivity contribution < 1.29 is 9.53 Å². The van der Waals surface area contributed by atoms with Gasteiger partial charge in [-0.25, -0.2) is 9.50 Å². The van der Waals surface area contributed by atoms with E-state index in [4.69, 9.17) is 14.8 Å². The third kappa shape index (κ3) is 3.23. The molecule has 146 valence electrons. The Balaban J connectivity index is 1.93. The lowest BCUT2D eigenvalue weighted by Gasteiger charge is -2.17. The van der Waals surface area contributed by atoms with E-state index in [1.165, 1.54) is 0 Å². The number of methoxy groups -OCH3 is 1. The maximum absolute atomic E-state index is 13.3. The Morgan fingerprint density at radius 1 is 1.11 bits per heavy atom. The summed E-state index contributed by atoms with van der Waals surface area (Å²) in [7, 11) is 1.64. The van der Waals surface area contributed by atoms with E-state index in [0.717, 1.165) is 42.9 Å². The number of nitrogens with zero attached hydrogens (tertiary/aromatic N) is 4. The van der Waals surface area contributed by atoms with Crippen LogP contribution in [0.15, 0.2) is 36.4 Å². The van der Waals surface area contributed by atoms with E-state index in [0.29, 0.717) is 17.0 Å². The summed E-state index contributed by atoms with van der Waals surface area (Å²) in [6.07, 6.45) is 2.09. The van der Waals surface area contributed by atoms with Crippen molar-refractivity contribution in [2.45, 2.75) is 39.0 Å². The van der Waals surface area contributed by atoms with E-state index >= 15 is 0 Å². The quantitative estimate of drug-likeness (QED) is 0.693. The molecule has 1 amide bonds. The van der Waals surface area contributed by atoms with Crippen LogP contribution in [-0.2, 0) is 5.41 Å². The van der Waals surface area contributed by atoms with Crippen LogP contribution in [0, 0.1) is 0 Å². The first-order valence-corrected chi connectivity index (χ1v) is 9.72. The third-order valence-electron chi connectivity index (χ3n) is 5.19. The molecule has 0 atom stereocenters. The number of aromatic nitrogens is 3. The van der Waals surface area contributed by atoms with Crippen molar-refractivity contribution in [1.29, 1.82) is 0 Å². The lowest BCUT2D eigenvalue weighted by atomic mass is 9.93. The summed E-state index contributed by atoms with van der Waals surface area (Å²) in [5.41, 5.74) is 3.58. The maximum Gasteiger partial charge on any atom is 0.272 e. The summed E-state index contributed by atoms with van der Waals surface area (Å²) < 4.78 is 7.21. The van der Waals surface area contributed by atoms with Gasteiger partial charge in [-0.1, -0.05) is 32.9 Å². The zero-order valence-electron chi connectivity index (χ0n) is 16.9. The van der Waals surface area contributed by atoms with Gasteiger partial charge in [0.15, 0.2) is 5.65 Å². The molecule has 2 aromatic heterocycles. The minimum atomic E-state index is -0.133. The van der Waals surface area contributed by atoms with Crippen molar-refractivity contribution in [3.05, 3.63) is 47.8 Å². The summed E-state index contributed by atoms with van der Waals surface area (Å²) in [6.45, 7) is 7.91. The second kappa shape index (κ2) is 6.93. The molecule has 1 aliphatic rings. The van der Waals surface area contributed by atoms with Crippen LogP contribution >= 0.6 is 0 Å². The second-order valence-electron chi connectivity index (χ2n) is 8.28. The van der Waals surface area contributed by atoms with Gasteiger partial charge in [0.2, 0.25) is 0 Å². The number of ether oxygens (including phenoxy) is 1. The van der Waals surface area contributed by atoms with E-state index in [-0.39, 0.29) is 11.3 Å². The molecule has 1 aliphatic heterocycles. The number of hydrogen-bond donors (Lipinski definition) is 0. The lowest BCUT2D eigenvalue weighted by molar-refractivity contribution is 0.0784. The molecule has 0 bridgehead atoms. The number of amides is 1. The summed E-state index contributed by atoms with van der Waals surface area (Å²) in [4.78, 5) is 20.0. The number of likely N-dealkylation sites (tertiary alicyclic amines) is 1. The second-order valence-corrected chi connectivity index (χ2v) is 8.28. The van der Waals surface area contributed by atoms with Crippen molar-refractivity contribution in [3.63, 3.8) is 0 Å². The number of benzene rings is 1. The van der Waals surface area contributed by atoms with Gasteiger partial charge in [-0.05, 0) is 31.0 Å². The number of rotatable bonds is 3. The van der Waals surface area contributed by atoms with E-state index in [9.17, 15) is 4.79 Å². The summed E-state index contributed by atoms with van der Waals surface area (Å²) in [6, 6.07) is 11.5. The Labute approximate surface area is 165 Å². The molecular formula is C22H26N4O2. The SMILES string of the molecule is COc1ccccc1-c1cc(C(=O)N2CCCC2)n2nc(C(C)(C)C)cc2n1. The third-order valence-corrected chi connectivity index (χ3v) is 5.19. The highest BCUT2D eigenvalue weighted by atomic mass is 16.5. The molecule has 1 saturated heterocycles. The van der Waals surface area contributed by atoms with Gasteiger partial charge in [0.05, 0.1) is 18.5 Å². The first-order valence-electron chi connectivity index (χ1n) is 9.72. The van der Waals surface area contributed by atoms with Gasteiger partial charge in [-0.2, -0.15) is 5.10 Å². The summed E-state index contributed by atoms with van der Waals surface area (Å²) >= 11 is 0. The van der Waals surface area contributed by atoms with Gasteiger partial charge in [0.25, 0.3) is 5.91 Å². The van der Waals surface area contributed by atoms with Crippen molar-refractivity contribution in [2.75, 3.05) is 20.2 Å². The highest BCUT2D eigenvalue weighted by Crippen LogP contribution is 2.31. The van der Waals surface area contributed by atoms with Crippen LogP contribution < -0.4 is 4.74 Å². The van der Waals surface area contributed by atoms with Crippen molar-refractivity contribution in [1.82, 2.24) is 19.5 Å². The molecule has 0 aliphatic carbocycles. The van der Waals surface area contributed by atoms with Gasteiger partial charge in [-0.3, -0.25) is 4.79 Å². The molecule has 1 fully saturated rings. The normalized spacial score (nSPS) is 14.6.